The molecule has 0 fully saturated rings. The van der Waals surface area contributed by atoms with Gasteiger partial charge in [-0.15, -0.1) is 0 Å². The summed E-state index contributed by atoms with van der Waals surface area (Å²) < 4.78 is 68.7. The van der Waals surface area contributed by atoms with E-state index in [0.717, 1.165) is 102 Å². The number of aliphatic hydroxyl groups excluding tert-OH is 1. The lowest BCUT2D eigenvalue weighted by Crippen LogP contribution is -2.30. The first kappa shape index (κ1) is 98.1. The second kappa shape index (κ2) is 72.6. The zero-order valence-electron chi connectivity index (χ0n) is 65.5. The minimum Gasteiger partial charge on any atom is -0.462 e. The zero-order chi connectivity index (χ0) is 73.5. The SMILES string of the molecule is CCCCCCCCCCCCCCCCCCC(=O)OC[C@H](COP(=O)(O)OC[C@@H](O)COP(=O)(O)OC[C@@H](COC(=O)CCCCCCCCCC(C)C)OC(=O)CCCCCCCCCCCCCCCCCC)OC(=O)CCCCCCCCCCCCCCCCCC(C)C. The van der Waals surface area contributed by atoms with Gasteiger partial charge in [0.1, 0.15) is 19.3 Å². The quantitative estimate of drug-likeness (QED) is 0.0222. The molecule has 594 valence electrons. The highest BCUT2D eigenvalue weighted by atomic mass is 31.2. The normalized spacial score (nSPS) is 13.9. The summed E-state index contributed by atoms with van der Waals surface area (Å²) in [5.41, 5.74) is 0. The molecule has 0 aromatic carbocycles. The van der Waals surface area contributed by atoms with Gasteiger partial charge in [-0.3, -0.25) is 37.3 Å². The van der Waals surface area contributed by atoms with E-state index < -0.39 is 97.5 Å². The van der Waals surface area contributed by atoms with E-state index in [1.165, 1.54) is 238 Å². The third-order valence-corrected chi connectivity index (χ3v) is 20.9. The van der Waals surface area contributed by atoms with Crippen molar-refractivity contribution in [1.29, 1.82) is 0 Å². The summed E-state index contributed by atoms with van der Waals surface area (Å²) in [4.78, 5) is 73.0. The lowest BCUT2D eigenvalue weighted by Gasteiger charge is -2.21. The van der Waals surface area contributed by atoms with Gasteiger partial charge in [-0.2, -0.15) is 0 Å². The van der Waals surface area contributed by atoms with E-state index in [2.05, 4.69) is 41.5 Å². The Bertz CT molecular complexity index is 1920. The average Bonchev–Trinajstić information content (AvgIpc) is 0.981. The number of esters is 4. The largest absolute Gasteiger partial charge is 0.472 e. The fourth-order valence-corrected chi connectivity index (χ4v) is 14.1. The zero-order valence-corrected chi connectivity index (χ0v) is 67.3. The smallest absolute Gasteiger partial charge is 0.462 e. The number of hydrogen-bond donors (Lipinski definition) is 3. The molecule has 0 saturated heterocycles. The molecule has 0 saturated carbocycles. The van der Waals surface area contributed by atoms with Gasteiger partial charge in [-0.05, 0) is 37.5 Å². The van der Waals surface area contributed by atoms with Crippen LogP contribution in [-0.2, 0) is 65.4 Å². The van der Waals surface area contributed by atoms with Gasteiger partial charge in [-0.1, -0.05) is 375 Å². The van der Waals surface area contributed by atoms with Gasteiger partial charge in [0, 0.05) is 25.7 Å². The third-order valence-electron chi connectivity index (χ3n) is 19.0. The lowest BCUT2D eigenvalue weighted by atomic mass is 10.0. The molecule has 0 heterocycles. The molecule has 0 radical (unpaired) electrons. The number of phosphoric acid groups is 2. The number of rotatable bonds is 80. The molecule has 19 heteroatoms. The fourth-order valence-electron chi connectivity index (χ4n) is 12.5. The first-order chi connectivity index (χ1) is 48.4. The van der Waals surface area contributed by atoms with Crippen LogP contribution < -0.4 is 0 Å². The molecule has 0 rings (SSSR count). The van der Waals surface area contributed by atoms with Crippen LogP contribution in [0.1, 0.15) is 427 Å². The van der Waals surface area contributed by atoms with E-state index in [1.807, 2.05) is 0 Å². The molecule has 0 bridgehead atoms. The predicted octanol–water partition coefficient (Wildman–Crippen LogP) is 24.3. The first-order valence-electron chi connectivity index (χ1n) is 42.0. The van der Waals surface area contributed by atoms with Crippen molar-refractivity contribution in [1.82, 2.24) is 0 Å². The number of hydrogen-bond acceptors (Lipinski definition) is 15. The summed E-state index contributed by atoms with van der Waals surface area (Å²) in [5, 5.41) is 10.6. The van der Waals surface area contributed by atoms with Crippen LogP contribution in [0, 0.1) is 11.8 Å². The predicted molar refractivity (Wildman–Crippen MR) is 409 cm³/mol. The first-order valence-corrected chi connectivity index (χ1v) is 45.0. The molecule has 3 N–H and O–H groups in total. The molecule has 0 spiro atoms. The Labute approximate surface area is 613 Å². The average molecular weight is 1470 g/mol. The van der Waals surface area contributed by atoms with E-state index in [4.69, 9.17) is 37.0 Å². The van der Waals surface area contributed by atoms with E-state index in [0.29, 0.717) is 31.6 Å². The molecule has 2 unspecified atom stereocenters. The van der Waals surface area contributed by atoms with Crippen molar-refractivity contribution in [3.8, 4) is 0 Å². The third kappa shape index (κ3) is 74.3. The number of carbonyl (C=O) groups is 4. The monoisotopic (exact) mass is 1470 g/mol. The Balaban J connectivity index is 5.24. The standard InChI is InChI=1S/C81H158O17P2/c1-7-9-11-13-15-17-19-21-23-27-31-35-39-45-51-57-63-78(83)91-69-76(97-80(85)65-60-54-47-41-37-33-29-25-26-30-34-38-43-49-55-61-73(3)4)71-95-99(87,88)93-67-75(82)68-94-100(89,90)96-72-77(70-92-79(84)64-58-52-48-42-44-50-56-62-74(5)6)98-81(86)66-59-53-46-40-36-32-28-24-22-20-18-16-14-12-10-8-2/h73-77,82H,7-72H2,1-6H3,(H,87,88)(H,89,90)/t75-,76-,77-/m1/s1. The molecule has 5 atom stereocenters. The lowest BCUT2D eigenvalue weighted by molar-refractivity contribution is -0.161. The summed E-state index contributed by atoms with van der Waals surface area (Å²) in [7, 11) is -9.92. The van der Waals surface area contributed by atoms with Crippen LogP contribution in [0.2, 0.25) is 0 Å². The summed E-state index contributed by atoms with van der Waals surface area (Å²) in [6.07, 6.45) is 62.4. The van der Waals surface area contributed by atoms with E-state index >= 15 is 0 Å². The van der Waals surface area contributed by atoms with Crippen molar-refractivity contribution in [3.63, 3.8) is 0 Å². The maximum atomic E-state index is 13.1. The molecule has 100 heavy (non-hydrogen) atoms. The molecular formula is C81H158O17P2. The van der Waals surface area contributed by atoms with Crippen LogP contribution in [0.4, 0.5) is 0 Å². The Hall–Kier alpha value is -1.94. The van der Waals surface area contributed by atoms with Gasteiger partial charge in [0.05, 0.1) is 26.4 Å². The van der Waals surface area contributed by atoms with E-state index in [1.54, 1.807) is 0 Å². The maximum Gasteiger partial charge on any atom is 0.472 e. The molecule has 17 nitrogen and oxygen atoms in total. The van der Waals surface area contributed by atoms with Gasteiger partial charge in [0.25, 0.3) is 0 Å². The molecule has 0 aliphatic rings. The summed E-state index contributed by atoms with van der Waals surface area (Å²) >= 11 is 0. The van der Waals surface area contributed by atoms with Crippen molar-refractivity contribution in [2.75, 3.05) is 39.6 Å². The fraction of sp³-hybridized carbons (Fsp3) is 0.951. The molecule has 0 aromatic heterocycles. The van der Waals surface area contributed by atoms with Crippen LogP contribution in [0.25, 0.3) is 0 Å². The number of carbonyl (C=O) groups excluding carboxylic acids is 4. The Kier molecular flexibility index (Phi) is 71.2. The Morgan fingerprint density at radius 3 is 0.680 bits per heavy atom. The van der Waals surface area contributed by atoms with Crippen LogP contribution in [0.3, 0.4) is 0 Å². The number of ether oxygens (including phenoxy) is 4. The summed E-state index contributed by atoms with van der Waals surface area (Å²) in [5.74, 6) is -0.600. The highest BCUT2D eigenvalue weighted by molar-refractivity contribution is 7.47. The molecule has 0 aromatic rings. The van der Waals surface area contributed by atoms with Crippen LogP contribution >= 0.6 is 15.6 Å². The van der Waals surface area contributed by atoms with Crippen molar-refractivity contribution in [2.24, 2.45) is 11.8 Å². The van der Waals surface area contributed by atoms with Crippen LogP contribution in [0.5, 0.6) is 0 Å². The van der Waals surface area contributed by atoms with Gasteiger partial charge in [-0.25, -0.2) is 9.13 Å². The van der Waals surface area contributed by atoms with Crippen molar-refractivity contribution in [2.45, 2.75) is 445 Å². The second-order valence-electron chi connectivity index (χ2n) is 30.1. The van der Waals surface area contributed by atoms with Crippen LogP contribution in [0.15, 0.2) is 0 Å². The minimum absolute atomic E-state index is 0.108. The summed E-state index contributed by atoms with van der Waals surface area (Å²) in [6, 6.07) is 0. The molecule has 0 aliphatic heterocycles. The van der Waals surface area contributed by atoms with Gasteiger partial charge in [0.2, 0.25) is 0 Å². The Morgan fingerprint density at radius 2 is 0.460 bits per heavy atom. The highest BCUT2D eigenvalue weighted by Crippen LogP contribution is 2.45. The van der Waals surface area contributed by atoms with Crippen molar-refractivity contribution >= 4 is 39.5 Å². The minimum atomic E-state index is -4.96. The second-order valence-corrected chi connectivity index (χ2v) is 33.0. The van der Waals surface area contributed by atoms with E-state index in [9.17, 15) is 43.2 Å². The molecular weight excluding hydrogens is 1310 g/mol. The Morgan fingerprint density at radius 1 is 0.270 bits per heavy atom. The molecule has 0 aliphatic carbocycles. The maximum absolute atomic E-state index is 13.1. The van der Waals surface area contributed by atoms with Gasteiger partial charge < -0.3 is 33.8 Å². The van der Waals surface area contributed by atoms with Crippen LogP contribution in [-0.4, -0.2) is 96.7 Å². The van der Waals surface area contributed by atoms with Crippen molar-refractivity contribution in [3.05, 3.63) is 0 Å². The molecule has 0 amide bonds. The highest BCUT2D eigenvalue weighted by Gasteiger charge is 2.30. The van der Waals surface area contributed by atoms with Gasteiger partial charge >= 0.3 is 39.5 Å². The number of phosphoric ester groups is 2. The van der Waals surface area contributed by atoms with Gasteiger partial charge in [0.15, 0.2) is 12.2 Å². The summed E-state index contributed by atoms with van der Waals surface area (Å²) in [6.45, 7) is 9.62. The van der Waals surface area contributed by atoms with E-state index in [-0.39, 0.29) is 25.7 Å². The number of aliphatic hydroxyl groups is 1. The number of unbranched alkanes of at least 4 members (excludes halogenated alkanes) is 50. The van der Waals surface area contributed by atoms with Crippen molar-refractivity contribution < 1.29 is 80.2 Å². The topological polar surface area (TPSA) is 237 Å².